The van der Waals surface area contributed by atoms with E-state index in [2.05, 4.69) is 4.79 Å². The van der Waals surface area contributed by atoms with Gasteiger partial charge in [-0.05, 0) is 20.8 Å². The Kier molecular flexibility index (Phi) is 6.28. The lowest BCUT2D eigenvalue weighted by atomic mass is 10.0. The highest BCUT2D eigenvalue weighted by Crippen LogP contribution is 2.08. The number of carbonyl (C=O) groups excluding carboxylic acids is 3. The van der Waals surface area contributed by atoms with E-state index in [9.17, 15) is 14.4 Å². The van der Waals surface area contributed by atoms with E-state index in [0.717, 1.165) is 0 Å². The fourth-order valence-electron chi connectivity index (χ4n) is 1.18. The van der Waals surface area contributed by atoms with Crippen molar-refractivity contribution >= 4 is 23.2 Å². The maximum absolute atomic E-state index is 11.7. The third-order valence-corrected chi connectivity index (χ3v) is 2.20. The van der Waals surface area contributed by atoms with E-state index >= 15 is 0 Å². The summed E-state index contributed by atoms with van der Waals surface area (Å²) >= 11 is 0. The largest absolute Gasteiger partial charge is 0.451 e. The van der Waals surface area contributed by atoms with Gasteiger partial charge in [-0.1, -0.05) is 13.8 Å². The molecule has 0 saturated heterocycles. The van der Waals surface area contributed by atoms with Gasteiger partial charge >= 0.3 is 11.7 Å². The Labute approximate surface area is 112 Å². The van der Waals surface area contributed by atoms with Gasteiger partial charge in [-0.25, -0.2) is 4.79 Å². The van der Waals surface area contributed by atoms with Crippen LogP contribution >= 0.6 is 0 Å². The minimum Gasteiger partial charge on any atom is -0.451 e. The quantitative estimate of drug-likeness (QED) is 0.240. The number of ether oxygens (including phenoxy) is 1. The Hall–Kier alpha value is -1.81. The van der Waals surface area contributed by atoms with E-state index in [0.29, 0.717) is 0 Å². The summed E-state index contributed by atoms with van der Waals surface area (Å²) < 4.78 is 4.93. The summed E-state index contributed by atoms with van der Waals surface area (Å²) in [5.74, 6) is -1.96. The summed E-state index contributed by atoms with van der Waals surface area (Å²) in [5, 5.41) is 0. The Morgan fingerprint density at radius 1 is 1.16 bits per heavy atom. The van der Waals surface area contributed by atoms with Crippen molar-refractivity contribution in [3.8, 4) is 0 Å². The fraction of sp³-hybridized carbons (Fsp3) is 0.692. The zero-order valence-electron chi connectivity index (χ0n) is 12.0. The van der Waals surface area contributed by atoms with Crippen LogP contribution in [-0.2, 0) is 19.1 Å². The zero-order chi connectivity index (χ0) is 15.2. The van der Waals surface area contributed by atoms with Crippen molar-refractivity contribution in [3.63, 3.8) is 0 Å². The van der Waals surface area contributed by atoms with Crippen molar-refractivity contribution in [2.75, 3.05) is 0 Å². The van der Waals surface area contributed by atoms with Crippen LogP contribution in [0.5, 0.6) is 0 Å². The molecule has 0 atom stereocenters. The molecular weight excluding hydrogens is 248 g/mol. The average molecular weight is 268 g/mol. The number of hydrogen-bond acceptors (Lipinski definition) is 4. The summed E-state index contributed by atoms with van der Waals surface area (Å²) in [6, 6.07) is 0. The molecule has 19 heavy (non-hydrogen) atoms. The van der Waals surface area contributed by atoms with Crippen LogP contribution < -0.4 is 0 Å². The van der Waals surface area contributed by atoms with Crippen LogP contribution in [0.2, 0.25) is 0 Å². The lowest BCUT2D eigenvalue weighted by Crippen LogP contribution is -2.34. The van der Waals surface area contributed by atoms with Crippen LogP contribution in [0.4, 0.5) is 0 Å². The van der Waals surface area contributed by atoms with Gasteiger partial charge in [0.05, 0.1) is 0 Å². The third-order valence-electron chi connectivity index (χ3n) is 2.20. The predicted octanol–water partition coefficient (Wildman–Crippen LogP) is 1.57. The van der Waals surface area contributed by atoms with E-state index in [4.69, 9.17) is 10.3 Å². The van der Waals surface area contributed by atoms with Gasteiger partial charge in [0, 0.05) is 18.8 Å². The topological polar surface area (TPSA) is 96.8 Å². The van der Waals surface area contributed by atoms with Crippen LogP contribution in [0.1, 0.15) is 47.5 Å². The first-order valence-corrected chi connectivity index (χ1v) is 6.09. The molecule has 106 valence electrons. The van der Waals surface area contributed by atoms with Crippen LogP contribution in [-0.4, -0.2) is 33.6 Å². The van der Waals surface area contributed by atoms with E-state index in [1.807, 2.05) is 0 Å². The number of hydrogen-bond donors (Lipinski definition) is 0. The molecular formula is C13H20N2O4. The highest BCUT2D eigenvalue weighted by Gasteiger charge is 2.34. The lowest BCUT2D eigenvalue weighted by Gasteiger charge is -2.17. The molecule has 0 unspecified atom stereocenters. The molecule has 0 heterocycles. The zero-order valence-corrected chi connectivity index (χ0v) is 12.0. The van der Waals surface area contributed by atoms with Crippen LogP contribution in [0.15, 0.2) is 0 Å². The molecule has 0 amide bonds. The first-order valence-electron chi connectivity index (χ1n) is 6.09. The van der Waals surface area contributed by atoms with Crippen molar-refractivity contribution in [2.45, 2.75) is 53.1 Å². The fourth-order valence-corrected chi connectivity index (χ4v) is 1.18. The van der Waals surface area contributed by atoms with E-state index in [-0.39, 0.29) is 24.5 Å². The van der Waals surface area contributed by atoms with E-state index in [1.165, 1.54) is 0 Å². The monoisotopic (exact) mass is 268 g/mol. The molecule has 0 saturated carbocycles. The van der Waals surface area contributed by atoms with Crippen molar-refractivity contribution in [2.24, 2.45) is 5.92 Å². The lowest BCUT2D eigenvalue weighted by molar-refractivity contribution is -0.152. The Balaban J connectivity index is 4.64. The second-order valence-electron chi connectivity index (χ2n) is 5.49. The van der Waals surface area contributed by atoms with Gasteiger partial charge in [-0.2, -0.15) is 4.79 Å². The number of ketones is 2. The second kappa shape index (κ2) is 6.95. The molecule has 0 radical (unpaired) electrons. The second-order valence-corrected chi connectivity index (χ2v) is 5.49. The summed E-state index contributed by atoms with van der Waals surface area (Å²) in [4.78, 5) is 37.3. The number of rotatable bonds is 6. The maximum Gasteiger partial charge on any atom is 0.441 e. The van der Waals surface area contributed by atoms with Crippen molar-refractivity contribution in [1.82, 2.24) is 0 Å². The van der Waals surface area contributed by atoms with Crippen LogP contribution in [0.3, 0.4) is 0 Å². The molecule has 0 aromatic rings. The molecule has 0 bridgehead atoms. The summed E-state index contributed by atoms with van der Waals surface area (Å²) in [5.41, 5.74) is 7.25. The van der Waals surface area contributed by atoms with Gasteiger partial charge < -0.3 is 10.3 Å². The Morgan fingerprint density at radius 2 is 1.68 bits per heavy atom. The van der Waals surface area contributed by atoms with E-state index in [1.54, 1.807) is 34.6 Å². The van der Waals surface area contributed by atoms with E-state index < -0.39 is 23.1 Å². The molecule has 0 rings (SSSR count). The summed E-state index contributed by atoms with van der Waals surface area (Å²) in [6.07, 6.45) is -0.159. The molecule has 6 nitrogen and oxygen atoms in total. The number of esters is 1. The van der Waals surface area contributed by atoms with Gasteiger partial charge in [-0.15, -0.1) is 0 Å². The minimum absolute atomic E-state index is 0.0122. The first-order chi connectivity index (χ1) is 8.58. The number of nitrogens with zero attached hydrogens (tertiary/aromatic N) is 2. The third kappa shape index (κ3) is 6.62. The van der Waals surface area contributed by atoms with Gasteiger partial charge in [-0.3, -0.25) is 9.59 Å². The number of Topliss-reactive ketones (excluding diaryl/α,β-unsaturated/α-hetero) is 2. The molecule has 0 aliphatic carbocycles. The average Bonchev–Trinajstić information content (AvgIpc) is 2.23. The normalized spacial score (nSPS) is 10.8. The minimum atomic E-state index is -0.989. The van der Waals surface area contributed by atoms with Gasteiger partial charge in [0.15, 0.2) is 0 Å². The van der Waals surface area contributed by atoms with Crippen molar-refractivity contribution in [3.05, 3.63) is 5.53 Å². The highest BCUT2D eigenvalue weighted by atomic mass is 16.6. The van der Waals surface area contributed by atoms with Gasteiger partial charge in [0.1, 0.15) is 11.4 Å². The maximum atomic E-state index is 11.7. The smallest absolute Gasteiger partial charge is 0.441 e. The first kappa shape index (κ1) is 17.2. The summed E-state index contributed by atoms with van der Waals surface area (Å²) in [7, 11) is 0. The number of carbonyl (C=O) groups is 3. The molecule has 0 fully saturated rings. The van der Waals surface area contributed by atoms with Crippen LogP contribution in [0, 0.1) is 5.92 Å². The molecule has 0 aliphatic rings. The molecule has 0 aliphatic heterocycles. The van der Waals surface area contributed by atoms with Crippen LogP contribution in [0.25, 0.3) is 5.53 Å². The standard InChI is InChI=1S/C13H20N2O4/c1-8(2)9(16)6-7-10(17)11(15-14)12(18)19-13(3,4)5/h8H,6-7H2,1-5H3. The highest BCUT2D eigenvalue weighted by molar-refractivity contribution is 6.62. The van der Waals surface area contributed by atoms with Gasteiger partial charge in [0.2, 0.25) is 0 Å². The molecule has 0 aromatic heterocycles. The predicted molar refractivity (Wildman–Crippen MR) is 68.6 cm³/mol. The van der Waals surface area contributed by atoms with Crippen molar-refractivity contribution < 1.29 is 23.9 Å². The molecule has 0 N–H and O–H groups in total. The van der Waals surface area contributed by atoms with Gasteiger partial charge in [0.25, 0.3) is 5.78 Å². The summed E-state index contributed by atoms with van der Waals surface area (Å²) in [6.45, 7) is 8.34. The molecule has 0 spiro atoms. The SMILES string of the molecule is CC(C)C(=O)CCC(=O)C(=[N+]=[N-])C(=O)OC(C)(C)C. The Bertz CT molecular complexity index is 426. The molecule has 0 aromatic carbocycles. The Morgan fingerprint density at radius 3 is 2.05 bits per heavy atom. The molecule has 6 heteroatoms. The van der Waals surface area contributed by atoms with Crippen molar-refractivity contribution in [1.29, 1.82) is 0 Å².